The second kappa shape index (κ2) is 5.92. The summed E-state index contributed by atoms with van der Waals surface area (Å²) in [4.78, 5) is 23.7. The van der Waals surface area contributed by atoms with Crippen molar-refractivity contribution < 1.29 is 9.26 Å². The molecule has 0 spiro atoms. The highest BCUT2D eigenvalue weighted by atomic mass is 16.5. The summed E-state index contributed by atoms with van der Waals surface area (Å²) in [5, 5.41) is 4.01. The fourth-order valence-electron chi connectivity index (χ4n) is 2.74. The van der Waals surface area contributed by atoms with Gasteiger partial charge in [-0.25, -0.2) is 4.98 Å². The lowest BCUT2D eigenvalue weighted by atomic mass is 10.1. The van der Waals surface area contributed by atoms with Gasteiger partial charge in [0.25, 0.3) is 5.56 Å². The third-order valence-electron chi connectivity index (χ3n) is 4.02. The number of benzene rings is 1. The van der Waals surface area contributed by atoms with Crippen molar-refractivity contribution in [2.75, 3.05) is 13.2 Å². The first-order chi connectivity index (χ1) is 11.3. The van der Waals surface area contributed by atoms with E-state index in [4.69, 9.17) is 9.26 Å². The molecule has 2 aromatic heterocycles. The van der Waals surface area contributed by atoms with Crippen LogP contribution in [0.2, 0.25) is 0 Å². The van der Waals surface area contributed by atoms with Crippen molar-refractivity contribution in [3.05, 3.63) is 52.0 Å². The van der Waals surface area contributed by atoms with E-state index >= 15 is 0 Å². The molecule has 7 heteroatoms. The summed E-state index contributed by atoms with van der Waals surface area (Å²) < 4.78 is 10.6. The zero-order valence-corrected chi connectivity index (χ0v) is 12.5. The van der Waals surface area contributed by atoms with Gasteiger partial charge in [0, 0.05) is 25.4 Å². The van der Waals surface area contributed by atoms with E-state index in [-0.39, 0.29) is 11.5 Å². The van der Waals surface area contributed by atoms with Crippen molar-refractivity contribution in [2.24, 2.45) is 0 Å². The Balaban J connectivity index is 1.50. The third kappa shape index (κ3) is 2.87. The molecule has 23 heavy (non-hydrogen) atoms. The van der Waals surface area contributed by atoms with E-state index in [1.54, 1.807) is 0 Å². The topological polar surface area (TPSA) is 93.9 Å². The highest BCUT2D eigenvalue weighted by Gasteiger charge is 2.23. The lowest BCUT2D eigenvalue weighted by Gasteiger charge is -2.01. The van der Waals surface area contributed by atoms with Gasteiger partial charge in [-0.05, 0) is 18.6 Å². The Morgan fingerprint density at radius 3 is 3.00 bits per heavy atom. The van der Waals surface area contributed by atoms with Crippen LogP contribution in [0.15, 0.2) is 33.6 Å². The van der Waals surface area contributed by atoms with Crippen LogP contribution in [-0.2, 0) is 17.6 Å². The van der Waals surface area contributed by atoms with Gasteiger partial charge in [0.2, 0.25) is 5.89 Å². The molecule has 3 aromatic rings. The van der Waals surface area contributed by atoms with Gasteiger partial charge in [-0.1, -0.05) is 17.3 Å². The van der Waals surface area contributed by atoms with Crippen LogP contribution < -0.4 is 5.56 Å². The third-order valence-corrected chi connectivity index (χ3v) is 4.02. The van der Waals surface area contributed by atoms with Crippen LogP contribution >= 0.6 is 0 Å². The molecule has 1 aliphatic rings. The van der Waals surface area contributed by atoms with Crippen LogP contribution in [-0.4, -0.2) is 33.3 Å². The number of ether oxygens (including phenoxy) is 1. The molecule has 0 aliphatic carbocycles. The van der Waals surface area contributed by atoms with Gasteiger partial charge in [0.15, 0.2) is 5.82 Å². The summed E-state index contributed by atoms with van der Waals surface area (Å²) >= 11 is 0. The van der Waals surface area contributed by atoms with Gasteiger partial charge in [-0.3, -0.25) is 4.79 Å². The maximum Gasteiger partial charge on any atom is 0.270 e. The molecule has 118 valence electrons. The number of para-hydroxylation sites is 2. The predicted molar refractivity (Wildman–Crippen MR) is 82.2 cm³/mol. The summed E-state index contributed by atoms with van der Waals surface area (Å²) in [5.74, 6) is 1.44. The van der Waals surface area contributed by atoms with E-state index in [2.05, 4.69) is 20.1 Å². The van der Waals surface area contributed by atoms with Crippen molar-refractivity contribution in [1.29, 1.82) is 0 Å². The number of aryl methyl sites for hydroxylation is 2. The Hall–Kier alpha value is -2.54. The minimum atomic E-state index is -0.173. The fraction of sp³-hybridized carbons (Fsp3) is 0.375. The Bertz CT molecular complexity index is 880. The molecule has 1 saturated heterocycles. The van der Waals surface area contributed by atoms with E-state index in [1.165, 1.54) is 0 Å². The number of hydrogen-bond acceptors (Lipinski definition) is 6. The molecule has 4 rings (SSSR count). The lowest BCUT2D eigenvalue weighted by Crippen LogP contribution is -2.16. The minimum Gasteiger partial charge on any atom is -0.381 e. The smallest absolute Gasteiger partial charge is 0.270 e. The molecule has 0 amide bonds. The summed E-state index contributed by atoms with van der Waals surface area (Å²) in [6.45, 7) is 1.38. The molecule has 0 radical (unpaired) electrons. The van der Waals surface area contributed by atoms with E-state index in [0.29, 0.717) is 36.9 Å². The number of hydrogen-bond donors (Lipinski definition) is 1. The van der Waals surface area contributed by atoms with E-state index < -0.39 is 0 Å². The molecule has 0 saturated carbocycles. The molecular weight excluding hydrogens is 296 g/mol. The fourth-order valence-corrected chi connectivity index (χ4v) is 2.74. The van der Waals surface area contributed by atoms with Gasteiger partial charge in [0.05, 0.1) is 17.6 Å². The molecule has 1 atom stereocenters. The maximum absolute atomic E-state index is 12.1. The SMILES string of the molecule is O=c1[nH]c2ccccc2nc1CCc1nc(C2CCOC2)no1. The number of fused-ring (bicyclic) bond motifs is 1. The van der Waals surface area contributed by atoms with Crippen LogP contribution in [0, 0.1) is 0 Å². The average Bonchev–Trinajstić information content (AvgIpc) is 3.24. The molecule has 1 aliphatic heterocycles. The van der Waals surface area contributed by atoms with Gasteiger partial charge in [-0.2, -0.15) is 4.98 Å². The van der Waals surface area contributed by atoms with Crippen molar-refractivity contribution in [2.45, 2.75) is 25.2 Å². The summed E-state index contributed by atoms with van der Waals surface area (Å²) in [7, 11) is 0. The first-order valence-electron chi connectivity index (χ1n) is 7.68. The van der Waals surface area contributed by atoms with Gasteiger partial charge in [0.1, 0.15) is 5.69 Å². The molecule has 1 fully saturated rings. The number of nitrogens with one attached hydrogen (secondary N) is 1. The molecule has 1 N–H and O–H groups in total. The zero-order valence-electron chi connectivity index (χ0n) is 12.5. The van der Waals surface area contributed by atoms with E-state index in [9.17, 15) is 4.79 Å². The lowest BCUT2D eigenvalue weighted by molar-refractivity contribution is 0.192. The van der Waals surface area contributed by atoms with Crippen molar-refractivity contribution in [3.8, 4) is 0 Å². The second-order valence-electron chi connectivity index (χ2n) is 5.64. The Kier molecular flexibility index (Phi) is 3.63. The number of nitrogens with zero attached hydrogens (tertiary/aromatic N) is 3. The number of aromatic amines is 1. The van der Waals surface area contributed by atoms with Crippen molar-refractivity contribution in [1.82, 2.24) is 20.1 Å². The number of aromatic nitrogens is 4. The van der Waals surface area contributed by atoms with Crippen LogP contribution in [0.25, 0.3) is 11.0 Å². The van der Waals surface area contributed by atoms with Crippen LogP contribution in [0.4, 0.5) is 0 Å². The molecule has 0 bridgehead atoms. The molecular formula is C16H16N4O3. The Labute approximate surface area is 131 Å². The number of rotatable bonds is 4. The summed E-state index contributed by atoms with van der Waals surface area (Å²) in [5.41, 5.74) is 1.82. The second-order valence-corrected chi connectivity index (χ2v) is 5.64. The average molecular weight is 312 g/mol. The monoisotopic (exact) mass is 312 g/mol. The Morgan fingerprint density at radius 1 is 1.22 bits per heavy atom. The van der Waals surface area contributed by atoms with Gasteiger partial charge < -0.3 is 14.2 Å². The number of H-pyrrole nitrogens is 1. The molecule has 3 heterocycles. The van der Waals surface area contributed by atoms with Crippen LogP contribution in [0.1, 0.15) is 29.7 Å². The van der Waals surface area contributed by atoms with E-state index in [0.717, 1.165) is 24.1 Å². The largest absolute Gasteiger partial charge is 0.381 e. The predicted octanol–water partition coefficient (Wildman–Crippen LogP) is 1.60. The maximum atomic E-state index is 12.1. The molecule has 1 unspecified atom stereocenters. The Morgan fingerprint density at radius 2 is 2.13 bits per heavy atom. The minimum absolute atomic E-state index is 0.173. The first kappa shape index (κ1) is 14.1. The normalized spacial score (nSPS) is 17.8. The standard InChI is InChI=1S/C16H16N4O3/c21-16-13(17-11-3-1-2-4-12(11)18-16)5-6-14-19-15(20-23-14)10-7-8-22-9-10/h1-4,10H,5-9H2,(H,18,21). The quantitative estimate of drug-likeness (QED) is 0.786. The first-order valence-corrected chi connectivity index (χ1v) is 7.68. The summed E-state index contributed by atoms with van der Waals surface area (Å²) in [6.07, 6.45) is 1.88. The zero-order chi connectivity index (χ0) is 15.6. The van der Waals surface area contributed by atoms with Crippen LogP contribution in [0.5, 0.6) is 0 Å². The van der Waals surface area contributed by atoms with Gasteiger partial charge >= 0.3 is 0 Å². The van der Waals surface area contributed by atoms with Crippen LogP contribution in [0.3, 0.4) is 0 Å². The summed E-state index contributed by atoms with van der Waals surface area (Å²) in [6, 6.07) is 7.47. The van der Waals surface area contributed by atoms with Crippen molar-refractivity contribution >= 4 is 11.0 Å². The van der Waals surface area contributed by atoms with E-state index in [1.807, 2.05) is 24.3 Å². The highest BCUT2D eigenvalue weighted by molar-refractivity contribution is 5.73. The highest BCUT2D eigenvalue weighted by Crippen LogP contribution is 2.22. The van der Waals surface area contributed by atoms with Gasteiger partial charge in [-0.15, -0.1) is 0 Å². The van der Waals surface area contributed by atoms with Crippen molar-refractivity contribution in [3.63, 3.8) is 0 Å². The molecule has 1 aromatic carbocycles. The molecule has 7 nitrogen and oxygen atoms in total.